The number of amides is 1. The molecule has 0 N–H and O–H groups in total. The van der Waals surface area contributed by atoms with Crippen LogP contribution in [0.25, 0.3) is 0 Å². The maximum Gasteiger partial charge on any atom is 0.260 e. The van der Waals surface area contributed by atoms with Gasteiger partial charge in [0.05, 0.1) is 18.8 Å². The molecule has 0 aromatic heterocycles. The first-order chi connectivity index (χ1) is 12.0. The van der Waals surface area contributed by atoms with Crippen LogP contribution in [0.1, 0.15) is 45.1 Å². The Bertz CT molecular complexity index is 655. The molecular weight excluding hydrogens is 318 g/mol. The fourth-order valence-corrected chi connectivity index (χ4v) is 4.33. The number of fused-ring (bicyclic) bond motifs is 2. The summed E-state index contributed by atoms with van der Waals surface area (Å²) in [7, 11) is 0. The standard InChI is InChI=1S/C20H27NO4/c1-20(2)12-14-6-5-9-17(19(14)25-20)24-13-18(22)21-10-11-23-16-8-4-3-7-15(16)21/h5-6,9,15-16H,3-4,7-8,10-13H2,1-2H3/t15-,16-/m0/s1. The van der Waals surface area contributed by atoms with Crippen molar-refractivity contribution in [2.75, 3.05) is 19.8 Å². The van der Waals surface area contributed by atoms with Gasteiger partial charge in [-0.25, -0.2) is 0 Å². The van der Waals surface area contributed by atoms with Crippen LogP contribution in [0.15, 0.2) is 18.2 Å². The monoisotopic (exact) mass is 345 g/mol. The molecule has 1 aliphatic carbocycles. The molecular formula is C20H27NO4. The van der Waals surface area contributed by atoms with E-state index < -0.39 is 0 Å². The van der Waals surface area contributed by atoms with Gasteiger partial charge in [0.15, 0.2) is 18.1 Å². The minimum absolute atomic E-state index is 0.0510. The van der Waals surface area contributed by atoms with Gasteiger partial charge in [0.25, 0.3) is 5.91 Å². The van der Waals surface area contributed by atoms with Crippen molar-refractivity contribution in [2.24, 2.45) is 0 Å². The van der Waals surface area contributed by atoms with E-state index in [0.29, 0.717) is 18.9 Å². The zero-order chi connectivity index (χ0) is 17.4. The molecule has 1 saturated heterocycles. The van der Waals surface area contributed by atoms with E-state index >= 15 is 0 Å². The minimum Gasteiger partial charge on any atom is -0.483 e. The molecule has 25 heavy (non-hydrogen) atoms. The second-order valence-corrected chi connectivity index (χ2v) is 7.92. The van der Waals surface area contributed by atoms with Gasteiger partial charge in [-0.2, -0.15) is 0 Å². The third kappa shape index (κ3) is 3.34. The maximum absolute atomic E-state index is 12.8. The average Bonchev–Trinajstić information content (AvgIpc) is 2.93. The van der Waals surface area contributed by atoms with Crippen LogP contribution in [-0.4, -0.2) is 48.3 Å². The normalized spacial score (nSPS) is 27.2. The highest BCUT2D eigenvalue weighted by Crippen LogP contribution is 2.41. The molecule has 1 amide bonds. The lowest BCUT2D eigenvalue weighted by Gasteiger charge is -2.43. The van der Waals surface area contributed by atoms with E-state index in [2.05, 4.69) is 19.9 Å². The molecule has 0 unspecified atom stereocenters. The zero-order valence-electron chi connectivity index (χ0n) is 15.1. The Morgan fingerprint density at radius 1 is 1.32 bits per heavy atom. The van der Waals surface area contributed by atoms with Crippen LogP contribution in [0.2, 0.25) is 0 Å². The van der Waals surface area contributed by atoms with Crippen LogP contribution in [0.3, 0.4) is 0 Å². The smallest absolute Gasteiger partial charge is 0.260 e. The van der Waals surface area contributed by atoms with Crippen molar-refractivity contribution in [1.82, 2.24) is 4.90 Å². The molecule has 2 aliphatic heterocycles. The van der Waals surface area contributed by atoms with E-state index in [1.165, 1.54) is 12.8 Å². The summed E-state index contributed by atoms with van der Waals surface area (Å²) in [6.45, 7) is 5.49. The Morgan fingerprint density at radius 3 is 3.04 bits per heavy atom. The molecule has 2 heterocycles. The Kier molecular flexibility index (Phi) is 4.36. The van der Waals surface area contributed by atoms with E-state index in [1.807, 2.05) is 17.0 Å². The number of carbonyl (C=O) groups excluding carboxylic acids is 1. The summed E-state index contributed by atoms with van der Waals surface area (Å²) in [6.07, 6.45) is 5.53. The van der Waals surface area contributed by atoms with Gasteiger partial charge < -0.3 is 19.1 Å². The predicted octanol–water partition coefficient (Wildman–Crippen LogP) is 2.95. The summed E-state index contributed by atoms with van der Waals surface area (Å²) >= 11 is 0. The number of nitrogens with zero attached hydrogens (tertiary/aromatic N) is 1. The van der Waals surface area contributed by atoms with E-state index in [4.69, 9.17) is 14.2 Å². The van der Waals surface area contributed by atoms with E-state index in [9.17, 15) is 4.79 Å². The van der Waals surface area contributed by atoms with E-state index in [0.717, 1.165) is 30.6 Å². The highest BCUT2D eigenvalue weighted by atomic mass is 16.5. The zero-order valence-corrected chi connectivity index (χ0v) is 15.1. The first kappa shape index (κ1) is 16.7. The molecule has 0 bridgehead atoms. The number of ether oxygens (including phenoxy) is 3. The van der Waals surface area contributed by atoms with Gasteiger partial charge in [0, 0.05) is 18.5 Å². The molecule has 0 spiro atoms. The molecule has 4 rings (SSSR count). The number of morpholine rings is 1. The molecule has 136 valence electrons. The second kappa shape index (κ2) is 6.52. The highest BCUT2D eigenvalue weighted by molar-refractivity contribution is 5.78. The lowest BCUT2D eigenvalue weighted by molar-refractivity contribution is -0.151. The Balaban J connectivity index is 1.42. The number of hydrogen-bond acceptors (Lipinski definition) is 4. The van der Waals surface area contributed by atoms with Gasteiger partial charge in [-0.05, 0) is 32.8 Å². The number of para-hydroxylation sites is 1. The first-order valence-electron chi connectivity index (χ1n) is 9.38. The van der Waals surface area contributed by atoms with Crippen LogP contribution >= 0.6 is 0 Å². The third-order valence-electron chi connectivity index (χ3n) is 5.46. The molecule has 2 fully saturated rings. The van der Waals surface area contributed by atoms with Gasteiger partial charge in [0.1, 0.15) is 5.60 Å². The molecule has 1 aromatic rings. The average molecular weight is 345 g/mol. The number of hydrogen-bond donors (Lipinski definition) is 0. The summed E-state index contributed by atoms with van der Waals surface area (Å²) in [5.74, 6) is 1.51. The van der Waals surface area contributed by atoms with Crippen molar-refractivity contribution in [3.05, 3.63) is 23.8 Å². The Labute approximate surface area is 149 Å². The van der Waals surface area contributed by atoms with Crippen LogP contribution in [0.5, 0.6) is 11.5 Å². The second-order valence-electron chi connectivity index (χ2n) is 7.92. The van der Waals surface area contributed by atoms with Crippen LogP contribution < -0.4 is 9.47 Å². The fourth-order valence-electron chi connectivity index (χ4n) is 4.33. The predicted molar refractivity (Wildman–Crippen MR) is 94.1 cm³/mol. The van der Waals surface area contributed by atoms with Gasteiger partial charge in [0.2, 0.25) is 0 Å². The number of benzene rings is 1. The fraction of sp³-hybridized carbons (Fsp3) is 0.650. The Hall–Kier alpha value is -1.75. The van der Waals surface area contributed by atoms with Crippen LogP contribution in [0.4, 0.5) is 0 Å². The molecule has 5 nitrogen and oxygen atoms in total. The van der Waals surface area contributed by atoms with Crippen LogP contribution in [-0.2, 0) is 16.0 Å². The Morgan fingerprint density at radius 2 is 2.16 bits per heavy atom. The van der Waals surface area contributed by atoms with Crippen molar-refractivity contribution >= 4 is 5.91 Å². The van der Waals surface area contributed by atoms with Crippen LogP contribution in [0, 0.1) is 0 Å². The largest absolute Gasteiger partial charge is 0.483 e. The summed E-state index contributed by atoms with van der Waals surface area (Å²) in [5.41, 5.74) is 0.930. The number of carbonyl (C=O) groups is 1. The van der Waals surface area contributed by atoms with Gasteiger partial charge >= 0.3 is 0 Å². The van der Waals surface area contributed by atoms with Crippen molar-refractivity contribution in [2.45, 2.75) is 63.7 Å². The van der Waals surface area contributed by atoms with Gasteiger partial charge in [-0.1, -0.05) is 25.0 Å². The molecule has 0 radical (unpaired) electrons. The van der Waals surface area contributed by atoms with Gasteiger partial charge in [-0.15, -0.1) is 0 Å². The summed E-state index contributed by atoms with van der Waals surface area (Å²) in [4.78, 5) is 14.7. The topological polar surface area (TPSA) is 48.0 Å². The first-order valence-corrected chi connectivity index (χ1v) is 9.38. The third-order valence-corrected chi connectivity index (χ3v) is 5.46. The van der Waals surface area contributed by atoms with Crippen molar-refractivity contribution in [1.29, 1.82) is 0 Å². The number of rotatable bonds is 3. The maximum atomic E-state index is 12.8. The lowest BCUT2D eigenvalue weighted by Crippen LogP contribution is -2.55. The molecule has 2 atom stereocenters. The molecule has 1 aromatic carbocycles. The summed E-state index contributed by atoms with van der Waals surface area (Å²) in [6, 6.07) is 6.13. The van der Waals surface area contributed by atoms with E-state index in [1.54, 1.807) is 0 Å². The highest BCUT2D eigenvalue weighted by Gasteiger charge is 2.37. The summed E-state index contributed by atoms with van der Waals surface area (Å²) < 4.78 is 17.8. The SMILES string of the molecule is CC1(C)Cc2cccc(OCC(=O)N3CCO[C@H]4CCCC[C@@H]43)c2O1. The van der Waals surface area contributed by atoms with E-state index in [-0.39, 0.29) is 30.3 Å². The molecule has 5 heteroatoms. The summed E-state index contributed by atoms with van der Waals surface area (Å²) in [5, 5.41) is 0. The molecule has 1 saturated carbocycles. The van der Waals surface area contributed by atoms with Crippen molar-refractivity contribution in [3.63, 3.8) is 0 Å². The molecule has 3 aliphatic rings. The van der Waals surface area contributed by atoms with Crippen molar-refractivity contribution in [3.8, 4) is 11.5 Å². The van der Waals surface area contributed by atoms with Gasteiger partial charge in [-0.3, -0.25) is 4.79 Å². The van der Waals surface area contributed by atoms with Crippen molar-refractivity contribution < 1.29 is 19.0 Å². The lowest BCUT2D eigenvalue weighted by atomic mass is 9.90. The minimum atomic E-state index is -0.217. The quantitative estimate of drug-likeness (QED) is 0.845.